The zero-order chi connectivity index (χ0) is 19.0. The lowest BCUT2D eigenvalue weighted by atomic mass is 9.92. The number of benzene rings is 3. The van der Waals surface area contributed by atoms with Gasteiger partial charge in [-0.05, 0) is 29.0 Å². The number of hydrogen-bond acceptors (Lipinski definition) is 3. The molecule has 3 aromatic carbocycles. The van der Waals surface area contributed by atoms with E-state index in [0.717, 1.165) is 27.5 Å². The lowest BCUT2D eigenvalue weighted by molar-refractivity contribution is 0.201. The number of carbonyl (C=O) groups is 1. The summed E-state index contributed by atoms with van der Waals surface area (Å²) in [5, 5.41) is 21.4. The normalized spacial score (nSPS) is 15.8. The molecule has 2 N–H and O–H groups in total. The number of ether oxygens (including phenoxy) is 1. The second-order valence-corrected chi connectivity index (χ2v) is 6.85. The average molecular weight is 363 g/mol. The summed E-state index contributed by atoms with van der Waals surface area (Å²) in [4.78, 5) is 13.0. The second kappa shape index (κ2) is 6.93. The summed E-state index contributed by atoms with van der Waals surface area (Å²) in [7, 11) is 0. The lowest BCUT2D eigenvalue weighted by Crippen LogP contribution is -2.28. The maximum atomic E-state index is 11.7. The van der Waals surface area contributed by atoms with Gasteiger partial charge in [-0.2, -0.15) is 0 Å². The van der Waals surface area contributed by atoms with Gasteiger partial charge in [0.2, 0.25) is 0 Å². The standard InChI is InChI=1S/C22H21NO4/c1-14-6-5-9-17-19(27-13-15-7-3-2-4-8-15)10-18-21(20(14)17)16(12-24)11-23(18)22(25)26/h2-10,16,24H,11-13H2,1H3,(H,25,26)/t16-/m0/s1. The van der Waals surface area contributed by atoms with Crippen LogP contribution in [0.4, 0.5) is 10.5 Å². The minimum atomic E-state index is -1.02. The van der Waals surface area contributed by atoms with Crippen LogP contribution in [-0.4, -0.2) is 29.5 Å². The van der Waals surface area contributed by atoms with Crippen molar-refractivity contribution in [3.8, 4) is 5.75 Å². The molecular weight excluding hydrogens is 342 g/mol. The lowest BCUT2D eigenvalue weighted by Gasteiger charge is -2.18. The summed E-state index contributed by atoms with van der Waals surface area (Å²) in [5.74, 6) is 0.420. The SMILES string of the molecule is Cc1cccc2c(OCc3ccccc3)cc3c(c12)[C@H](CO)CN3C(=O)O. The fraction of sp³-hybridized carbons (Fsp3) is 0.227. The number of carboxylic acid groups (broad SMARTS) is 1. The maximum absolute atomic E-state index is 11.7. The topological polar surface area (TPSA) is 70.0 Å². The number of amides is 1. The van der Waals surface area contributed by atoms with E-state index < -0.39 is 6.09 Å². The van der Waals surface area contributed by atoms with Gasteiger partial charge in [-0.1, -0.05) is 48.5 Å². The van der Waals surface area contributed by atoms with Crippen LogP contribution in [0.25, 0.3) is 10.8 Å². The first-order valence-electron chi connectivity index (χ1n) is 8.94. The number of rotatable bonds is 4. The zero-order valence-electron chi connectivity index (χ0n) is 15.1. The first kappa shape index (κ1) is 17.4. The molecule has 1 heterocycles. The third kappa shape index (κ3) is 3.00. The fourth-order valence-corrected chi connectivity index (χ4v) is 3.87. The number of aliphatic hydroxyl groups excluding tert-OH is 1. The van der Waals surface area contributed by atoms with E-state index in [1.54, 1.807) is 6.07 Å². The zero-order valence-corrected chi connectivity index (χ0v) is 15.1. The molecule has 0 saturated carbocycles. The molecule has 5 heteroatoms. The minimum absolute atomic E-state index is 0.0928. The maximum Gasteiger partial charge on any atom is 0.411 e. The fourth-order valence-electron chi connectivity index (χ4n) is 3.87. The highest BCUT2D eigenvalue weighted by atomic mass is 16.5. The van der Waals surface area contributed by atoms with E-state index in [-0.39, 0.29) is 19.1 Å². The van der Waals surface area contributed by atoms with Crippen LogP contribution >= 0.6 is 0 Å². The summed E-state index contributed by atoms with van der Waals surface area (Å²) in [6.07, 6.45) is -1.02. The smallest absolute Gasteiger partial charge is 0.411 e. The highest BCUT2D eigenvalue weighted by Crippen LogP contribution is 2.46. The van der Waals surface area contributed by atoms with Crippen molar-refractivity contribution in [2.45, 2.75) is 19.4 Å². The first-order valence-corrected chi connectivity index (χ1v) is 8.94. The first-order chi connectivity index (χ1) is 13.1. The van der Waals surface area contributed by atoms with Gasteiger partial charge >= 0.3 is 6.09 Å². The molecule has 1 atom stereocenters. The van der Waals surface area contributed by atoms with Gasteiger partial charge in [0.05, 0.1) is 12.3 Å². The van der Waals surface area contributed by atoms with Gasteiger partial charge in [0.15, 0.2) is 0 Å². The predicted octanol–water partition coefficient (Wildman–Crippen LogP) is 4.30. The number of anilines is 1. The molecule has 0 unspecified atom stereocenters. The van der Waals surface area contributed by atoms with Crippen LogP contribution in [-0.2, 0) is 6.61 Å². The third-order valence-electron chi connectivity index (χ3n) is 5.14. The van der Waals surface area contributed by atoms with Gasteiger partial charge in [-0.25, -0.2) is 4.79 Å². The molecule has 0 aromatic heterocycles. The summed E-state index contributed by atoms with van der Waals surface area (Å²) in [6.45, 7) is 2.57. The Morgan fingerprint density at radius 2 is 1.96 bits per heavy atom. The van der Waals surface area contributed by atoms with Gasteiger partial charge in [-0.3, -0.25) is 4.90 Å². The van der Waals surface area contributed by atoms with Crippen molar-refractivity contribution in [3.05, 3.63) is 71.3 Å². The number of aryl methyl sites for hydroxylation is 1. The van der Waals surface area contributed by atoms with Crippen molar-refractivity contribution in [1.29, 1.82) is 0 Å². The number of aliphatic hydroxyl groups is 1. The second-order valence-electron chi connectivity index (χ2n) is 6.85. The molecule has 3 aromatic rings. The van der Waals surface area contributed by atoms with E-state index in [1.165, 1.54) is 4.90 Å². The van der Waals surface area contributed by atoms with Gasteiger partial charge in [0, 0.05) is 23.9 Å². The Labute approximate surface area is 157 Å². The van der Waals surface area contributed by atoms with Crippen molar-refractivity contribution in [2.24, 2.45) is 0 Å². The van der Waals surface area contributed by atoms with Gasteiger partial charge < -0.3 is 14.9 Å². The van der Waals surface area contributed by atoms with E-state index in [1.807, 2.05) is 55.5 Å². The van der Waals surface area contributed by atoms with Crippen LogP contribution < -0.4 is 9.64 Å². The van der Waals surface area contributed by atoms with Crippen molar-refractivity contribution in [1.82, 2.24) is 0 Å². The molecule has 1 amide bonds. The van der Waals surface area contributed by atoms with E-state index in [9.17, 15) is 15.0 Å². The summed E-state index contributed by atoms with van der Waals surface area (Å²) in [5.41, 5.74) is 3.58. The number of fused-ring (bicyclic) bond motifs is 3. The Morgan fingerprint density at radius 3 is 2.67 bits per heavy atom. The van der Waals surface area contributed by atoms with Crippen LogP contribution in [0.3, 0.4) is 0 Å². The molecule has 0 radical (unpaired) electrons. The Kier molecular flexibility index (Phi) is 4.46. The molecule has 4 rings (SSSR count). The van der Waals surface area contributed by atoms with Crippen molar-refractivity contribution >= 4 is 22.6 Å². The van der Waals surface area contributed by atoms with Crippen molar-refractivity contribution < 1.29 is 19.7 Å². The molecule has 138 valence electrons. The van der Waals surface area contributed by atoms with Crippen molar-refractivity contribution in [2.75, 3.05) is 18.1 Å². The van der Waals surface area contributed by atoms with Crippen LogP contribution in [0.15, 0.2) is 54.6 Å². The Hall–Kier alpha value is -3.05. The van der Waals surface area contributed by atoms with Gasteiger partial charge in [-0.15, -0.1) is 0 Å². The van der Waals surface area contributed by atoms with Crippen LogP contribution in [0, 0.1) is 6.92 Å². The van der Waals surface area contributed by atoms with E-state index in [4.69, 9.17) is 4.74 Å². The molecule has 5 nitrogen and oxygen atoms in total. The largest absolute Gasteiger partial charge is 0.488 e. The van der Waals surface area contributed by atoms with E-state index in [2.05, 4.69) is 0 Å². The Balaban J connectivity index is 1.87. The molecule has 0 bridgehead atoms. The molecule has 0 aliphatic carbocycles. The molecule has 27 heavy (non-hydrogen) atoms. The van der Waals surface area contributed by atoms with Crippen LogP contribution in [0.5, 0.6) is 5.75 Å². The molecule has 0 fully saturated rings. The monoisotopic (exact) mass is 363 g/mol. The van der Waals surface area contributed by atoms with Crippen LogP contribution in [0.1, 0.15) is 22.6 Å². The van der Waals surface area contributed by atoms with Gasteiger partial charge in [0.1, 0.15) is 12.4 Å². The molecule has 1 aliphatic heterocycles. The quantitative estimate of drug-likeness (QED) is 0.725. The summed E-state index contributed by atoms with van der Waals surface area (Å²) < 4.78 is 6.10. The van der Waals surface area contributed by atoms with Crippen LogP contribution in [0.2, 0.25) is 0 Å². The van der Waals surface area contributed by atoms with Crippen molar-refractivity contribution in [3.63, 3.8) is 0 Å². The Bertz CT molecular complexity index is 1000. The third-order valence-corrected chi connectivity index (χ3v) is 5.14. The molecular formula is C22H21NO4. The summed E-state index contributed by atoms with van der Waals surface area (Å²) >= 11 is 0. The highest BCUT2D eigenvalue weighted by molar-refractivity contribution is 6.02. The molecule has 1 aliphatic rings. The predicted molar refractivity (Wildman–Crippen MR) is 105 cm³/mol. The minimum Gasteiger partial charge on any atom is -0.488 e. The number of nitrogens with zero attached hydrogens (tertiary/aromatic N) is 1. The number of hydrogen-bond donors (Lipinski definition) is 2. The van der Waals surface area contributed by atoms with E-state index in [0.29, 0.717) is 18.0 Å². The average Bonchev–Trinajstić information content (AvgIpc) is 3.05. The summed E-state index contributed by atoms with van der Waals surface area (Å²) in [6, 6.07) is 17.6. The molecule has 0 saturated heterocycles. The molecule has 0 spiro atoms. The Morgan fingerprint density at radius 1 is 1.19 bits per heavy atom. The van der Waals surface area contributed by atoms with Gasteiger partial charge in [0.25, 0.3) is 0 Å². The highest BCUT2D eigenvalue weighted by Gasteiger charge is 2.35. The van der Waals surface area contributed by atoms with E-state index >= 15 is 0 Å².